The van der Waals surface area contributed by atoms with Gasteiger partial charge in [0.05, 0.1) is 17.1 Å². The summed E-state index contributed by atoms with van der Waals surface area (Å²) >= 11 is 5.98. The molecule has 2 N–H and O–H groups in total. The Morgan fingerprint density at radius 2 is 2.23 bits per heavy atom. The number of allylic oxidation sites excluding steroid dienone is 2. The van der Waals surface area contributed by atoms with Crippen LogP contribution in [0.4, 0.5) is 0 Å². The first kappa shape index (κ1) is 18.8. The van der Waals surface area contributed by atoms with Crippen LogP contribution in [0.1, 0.15) is 18.9 Å². The Balaban J connectivity index is 1.61. The molecule has 1 saturated heterocycles. The molecule has 0 aromatic carbocycles. The highest BCUT2D eigenvalue weighted by Gasteiger charge is 2.25. The van der Waals surface area contributed by atoms with Crippen LogP contribution < -0.4 is 5.73 Å². The average molecular weight is 374 g/mol. The Hall–Kier alpha value is -2.02. The van der Waals surface area contributed by atoms with Crippen LogP contribution in [-0.2, 0) is 4.74 Å². The number of methoxy groups -OCH3 is 1. The predicted octanol–water partition coefficient (Wildman–Crippen LogP) is 2.76. The van der Waals surface area contributed by atoms with E-state index in [0.717, 1.165) is 54.8 Å². The molecule has 0 bridgehead atoms. The normalized spacial score (nSPS) is 16.9. The number of hydrogen-bond donors (Lipinski definition) is 1. The van der Waals surface area contributed by atoms with Crippen molar-refractivity contribution in [1.29, 1.82) is 0 Å². The molecule has 0 aliphatic carbocycles. The topological polar surface area (TPSA) is 76.6 Å². The van der Waals surface area contributed by atoms with Crippen molar-refractivity contribution in [3.63, 3.8) is 0 Å². The van der Waals surface area contributed by atoms with E-state index in [9.17, 15) is 0 Å². The van der Waals surface area contributed by atoms with E-state index in [1.54, 1.807) is 19.4 Å². The highest BCUT2D eigenvalue weighted by molar-refractivity contribution is 6.29. The van der Waals surface area contributed by atoms with E-state index in [1.165, 1.54) is 0 Å². The van der Waals surface area contributed by atoms with Crippen molar-refractivity contribution in [2.24, 2.45) is 10.7 Å². The second kappa shape index (κ2) is 8.58. The van der Waals surface area contributed by atoms with Crippen molar-refractivity contribution in [3.05, 3.63) is 40.8 Å². The van der Waals surface area contributed by atoms with E-state index in [-0.39, 0.29) is 0 Å². The van der Waals surface area contributed by atoms with Crippen LogP contribution >= 0.6 is 11.6 Å². The molecule has 0 unspecified atom stereocenters. The number of nitrogens with zero attached hydrogens (tertiary/aromatic N) is 4. The van der Waals surface area contributed by atoms with Gasteiger partial charge in [0, 0.05) is 62.5 Å². The lowest BCUT2D eigenvalue weighted by Crippen LogP contribution is -2.51. The summed E-state index contributed by atoms with van der Waals surface area (Å²) in [4.78, 5) is 15.7. The smallest absolute Gasteiger partial charge is 0.129 e. The molecule has 0 saturated carbocycles. The van der Waals surface area contributed by atoms with Gasteiger partial charge in [0.1, 0.15) is 5.15 Å². The molecule has 7 heteroatoms. The molecule has 2 aromatic rings. The second-order valence-electron chi connectivity index (χ2n) is 6.50. The lowest BCUT2D eigenvalue weighted by Gasteiger charge is -2.37. The van der Waals surface area contributed by atoms with Gasteiger partial charge in [-0.1, -0.05) is 11.6 Å². The van der Waals surface area contributed by atoms with Gasteiger partial charge in [0.15, 0.2) is 0 Å². The van der Waals surface area contributed by atoms with E-state index in [2.05, 4.69) is 19.9 Å². The van der Waals surface area contributed by atoms with Gasteiger partial charge in [-0.3, -0.25) is 14.9 Å². The monoisotopic (exact) mass is 373 g/mol. The van der Waals surface area contributed by atoms with Gasteiger partial charge >= 0.3 is 0 Å². The summed E-state index contributed by atoms with van der Waals surface area (Å²) in [5, 5.41) is 0.446. The number of ether oxygens (including phenoxy) is 1. The van der Waals surface area contributed by atoms with E-state index in [0.29, 0.717) is 17.0 Å². The number of aliphatic imine (C=N–C) groups is 1. The zero-order valence-electron chi connectivity index (χ0n) is 15.2. The molecule has 3 heterocycles. The summed E-state index contributed by atoms with van der Waals surface area (Å²) in [5.41, 5.74) is 10.1. The molecule has 0 spiro atoms. The standard InChI is InChI=1S/C19H24ClN5O/c1-13(21)16(10-22-6-3-7-25-11-15(12-25)26-2)14-8-18-17(23-9-14)4-5-19(20)24-18/h4-5,8-10,15H,3,6-7,11-12,21H2,1-2H3. The van der Waals surface area contributed by atoms with Gasteiger partial charge in [0.2, 0.25) is 0 Å². The van der Waals surface area contributed by atoms with Gasteiger partial charge in [-0.25, -0.2) is 4.98 Å². The van der Waals surface area contributed by atoms with Crippen molar-refractivity contribution in [2.75, 3.05) is 33.3 Å². The van der Waals surface area contributed by atoms with Crippen LogP contribution in [-0.4, -0.2) is 60.5 Å². The maximum absolute atomic E-state index is 6.06. The van der Waals surface area contributed by atoms with Crippen LogP contribution in [0.5, 0.6) is 0 Å². The Morgan fingerprint density at radius 1 is 1.42 bits per heavy atom. The average Bonchev–Trinajstić information content (AvgIpc) is 2.58. The third kappa shape index (κ3) is 4.58. The molecule has 0 radical (unpaired) electrons. The zero-order valence-corrected chi connectivity index (χ0v) is 15.9. The van der Waals surface area contributed by atoms with Crippen molar-refractivity contribution in [2.45, 2.75) is 19.4 Å². The summed E-state index contributed by atoms with van der Waals surface area (Å²) in [7, 11) is 1.76. The molecule has 2 aromatic heterocycles. The van der Waals surface area contributed by atoms with Gasteiger partial charge in [-0.05, 0) is 31.5 Å². The summed E-state index contributed by atoms with van der Waals surface area (Å²) in [6, 6.07) is 5.53. The Kier molecular flexibility index (Phi) is 6.19. The predicted molar refractivity (Wildman–Crippen MR) is 107 cm³/mol. The fraction of sp³-hybridized carbons (Fsp3) is 0.421. The molecule has 3 rings (SSSR count). The van der Waals surface area contributed by atoms with E-state index in [1.807, 2.05) is 25.3 Å². The Labute approximate surface area is 158 Å². The molecule has 6 nitrogen and oxygen atoms in total. The zero-order chi connectivity index (χ0) is 18.5. The lowest BCUT2D eigenvalue weighted by molar-refractivity contribution is -0.0291. The molecular formula is C19H24ClN5O. The fourth-order valence-corrected chi connectivity index (χ4v) is 3.08. The number of aromatic nitrogens is 2. The number of halogens is 1. The van der Waals surface area contributed by atoms with Crippen molar-refractivity contribution in [1.82, 2.24) is 14.9 Å². The van der Waals surface area contributed by atoms with Crippen LogP contribution in [0.2, 0.25) is 5.15 Å². The van der Waals surface area contributed by atoms with Gasteiger partial charge in [0.25, 0.3) is 0 Å². The Bertz CT molecular complexity index is 826. The van der Waals surface area contributed by atoms with E-state index in [4.69, 9.17) is 22.1 Å². The SMILES string of the molecule is COC1CN(CCCN=CC(=C(C)N)c2cnc3ccc(Cl)nc3c2)C1. The first-order valence-corrected chi connectivity index (χ1v) is 9.08. The lowest BCUT2D eigenvalue weighted by atomic mass is 10.1. The van der Waals surface area contributed by atoms with E-state index < -0.39 is 0 Å². The molecular weight excluding hydrogens is 350 g/mol. The van der Waals surface area contributed by atoms with Crippen molar-refractivity contribution in [3.8, 4) is 0 Å². The third-order valence-electron chi connectivity index (χ3n) is 4.48. The first-order chi connectivity index (χ1) is 12.6. The largest absolute Gasteiger partial charge is 0.402 e. The summed E-state index contributed by atoms with van der Waals surface area (Å²) in [6.07, 6.45) is 5.03. The number of nitrogens with two attached hydrogens (primary N) is 1. The maximum Gasteiger partial charge on any atom is 0.129 e. The quantitative estimate of drug-likeness (QED) is 0.458. The van der Waals surface area contributed by atoms with Crippen LogP contribution in [0.15, 0.2) is 35.1 Å². The molecule has 1 fully saturated rings. The molecule has 26 heavy (non-hydrogen) atoms. The number of fused-ring (bicyclic) bond motifs is 1. The van der Waals surface area contributed by atoms with Crippen molar-refractivity contribution >= 4 is 34.4 Å². The second-order valence-corrected chi connectivity index (χ2v) is 6.89. The Morgan fingerprint density at radius 3 is 2.96 bits per heavy atom. The summed E-state index contributed by atoms with van der Waals surface area (Å²) in [5.74, 6) is 0. The van der Waals surface area contributed by atoms with Crippen LogP contribution in [0, 0.1) is 0 Å². The molecule has 0 atom stereocenters. The summed E-state index contributed by atoms with van der Waals surface area (Å²) < 4.78 is 5.28. The molecule has 138 valence electrons. The van der Waals surface area contributed by atoms with Gasteiger partial charge in [-0.15, -0.1) is 0 Å². The number of pyridine rings is 2. The van der Waals surface area contributed by atoms with E-state index >= 15 is 0 Å². The number of rotatable bonds is 7. The minimum absolute atomic E-state index is 0.399. The summed E-state index contributed by atoms with van der Waals surface area (Å²) in [6.45, 7) is 5.70. The maximum atomic E-state index is 6.06. The number of likely N-dealkylation sites (tertiary alicyclic amines) is 1. The van der Waals surface area contributed by atoms with Crippen molar-refractivity contribution < 1.29 is 4.74 Å². The van der Waals surface area contributed by atoms with Gasteiger partial charge < -0.3 is 10.5 Å². The molecule has 0 amide bonds. The minimum atomic E-state index is 0.399. The number of hydrogen-bond acceptors (Lipinski definition) is 6. The highest BCUT2D eigenvalue weighted by atomic mass is 35.5. The molecule has 1 aliphatic heterocycles. The first-order valence-electron chi connectivity index (χ1n) is 8.71. The fourth-order valence-electron chi connectivity index (χ4n) is 2.93. The van der Waals surface area contributed by atoms with Gasteiger partial charge in [-0.2, -0.15) is 0 Å². The highest BCUT2D eigenvalue weighted by Crippen LogP contribution is 2.20. The minimum Gasteiger partial charge on any atom is -0.402 e. The third-order valence-corrected chi connectivity index (χ3v) is 4.69. The van der Waals surface area contributed by atoms with Crippen LogP contribution in [0.3, 0.4) is 0 Å². The molecule has 1 aliphatic rings. The van der Waals surface area contributed by atoms with Crippen LogP contribution in [0.25, 0.3) is 16.6 Å².